The Hall–Kier alpha value is -2.66. The maximum Gasteiger partial charge on any atom is 0.268 e. The Morgan fingerprint density at radius 3 is 2.56 bits per heavy atom. The van der Waals surface area contributed by atoms with E-state index in [-0.39, 0.29) is 11.7 Å². The van der Waals surface area contributed by atoms with Gasteiger partial charge in [0.05, 0.1) is 12.2 Å². The summed E-state index contributed by atoms with van der Waals surface area (Å²) in [6.45, 7) is 3.76. The average molecular weight is 339 g/mol. The van der Waals surface area contributed by atoms with Gasteiger partial charge in [0.1, 0.15) is 12.4 Å². The molecule has 130 valence electrons. The van der Waals surface area contributed by atoms with Crippen molar-refractivity contribution in [3.63, 3.8) is 0 Å². The van der Waals surface area contributed by atoms with Crippen molar-refractivity contribution in [3.8, 4) is 5.75 Å². The van der Waals surface area contributed by atoms with E-state index in [0.29, 0.717) is 30.0 Å². The smallest absolute Gasteiger partial charge is 0.268 e. The average Bonchev–Trinajstić information content (AvgIpc) is 2.64. The van der Waals surface area contributed by atoms with E-state index in [2.05, 4.69) is 0 Å². The van der Waals surface area contributed by atoms with Crippen molar-refractivity contribution >= 4 is 17.4 Å². The number of carbonyl (C=O) groups excluding carboxylic acids is 2. The second-order valence-corrected chi connectivity index (χ2v) is 6.19. The highest BCUT2D eigenvalue weighted by Gasteiger charge is 2.33. The van der Waals surface area contributed by atoms with Gasteiger partial charge >= 0.3 is 0 Å². The lowest BCUT2D eigenvalue weighted by Crippen LogP contribution is -2.45. The van der Waals surface area contributed by atoms with Crippen LogP contribution in [0.5, 0.6) is 5.75 Å². The molecular weight excluding hydrogens is 318 g/mol. The van der Waals surface area contributed by atoms with Crippen LogP contribution in [0.1, 0.15) is 34.8 Å². The minimum absolute atomic E-state index is 0.121. The molecule has 0 saturated heterocycles. The number of aliphatic hydroxyl groups excluding tert-OH is 1. The summed E-state index contributed by atoms with van der Waals surface area (Å²) < 4.78 is 5.78. The monoisotopic (exact) mass is 339 g/mol. The minimum atomic E-state index is -0.566. The van der Waals surface area contributed by atoms with Crippen LogP contribution in [0.3, 0.4) is 0 Å². The second-order valence-electron chi connectivity index (χ2n) is 6.19. The summed E-state index contributed by atoms with van der Waals surface area (Å²) in [4.78, 5) is 26.3. The van der Waals surface area contributed by atoms with Gasteiger partial charge in [-0.25, -0.2) is 0 Å². The van der Waals surface area contributed by atoms with Crippen LogP contribution in [-0.4, -0.2) is 29.5 Å². The molecule has 0 bridgehead atoms. The van der Waals surface area contributed by atoms with Crippen molar-refractivity contribution in [2.75, 3.05) is 11.5 Å². The van der Waals surface area contributed by atoms with E-state index in [9.17, 15) is 9.59 Å². The third-order valence-corrected chi connectivity index (χ3v) is 4.36. The summed E-state index contributed by atoms with van der Waals surface area (Å²) in [6.07, 6.45) is 0.0392. The number of aryl methyl sites for hydroxylation is 1. The molecule has 1 heterocycles. The summed E-state index contributed by atoms with van der Waals surface area (Å²) in [6, 6.07) is 12.9. The van der Waals surface area contributed by atoms with Gasteiger partial charge in [0.25, 0.3) is 5.91 Å². The molecule has 1 N–H and O–H groups in total. The van der Waals surface area contributed by atoms with Gasteiger partial charge in [0.15, 0.2) is 11.9 Å². The highest BCUT2D eigenvalue weighted by molar-refractivity contribution is 6.03. The maximum atomic E-state index is 12.8. The number of aliphatic hydroxyl groups is 1. The molecule has 1 amide bonds. The fraction of sp³-hybridized carbons (Fsp3) is 0.300. The molecule has 25 heavy (non-hydrogen) atoms. The van der Waals surface area contributed by atoms with Gasteiger partial charge in [-0.2, -0.15) is 0 Å². The number of ether oxygens (including phenoxy) is 1. The first-order valence-corrected chi connectivity index (χ1v) is 8.35. The molecule has 0 saturated carbocycles. The molecule has 0 aromatic heterocycles. The van der Waals surface area contributed by atoms with E-state index in [1.807, 2.05) is 38.1 Å². The van der Waals surface area contributed by atoms with Crippen molar-refractivity contribution in [2.45, 2.75) is 32.9 Å². The predicted molar refractivity (Wildman–Crippen MR) is 94.9 cm³/mol. The first-order valence-electron chi connectivity index (χ1n) is 8.35. The van der Waals surface area contributed by atoms with Crippen molar-refractivity contribution in [2.24, 2.45) is 0 Å². The number of anilines is 1. The molecule has 1 aliphatic heterocycles. The van der Waals surface area contributed by atoms with Gasteiger partial charge in [-0.1, -0.05) is 36.8 Å². The van der Waals surface area contributed by atoms with Gasteiger partial charge in [-0.15, -0.1) is 0 Å². The molecule has 3 rings (SSSR count). The summed E-state index contributed by atoms with van der Waals surface area (Å²) in [5.74, 6) is 0.0698. The third kappa shape index (κ3) is 3.42. The van der Waals surface area contributed by atoms with E-state index >= 15 is 0 Å². The fourth-order valence-corrected chi connectivity index (χ4v) is 2.89. The Morgan fingerprint density at radius 1 is 1.20 bits per heavy atom. The highest BCUT2D eigenvalue weighted by Crippen LogP contribution is 2.36. The molecule has 1 aliphatic rings. The summed E-state index contributed by atoms with van der Waals surface area (Å²) in [5, 5.41) is 9.09. The molecule has 0 fully saturated rings. The molecule has 0 aliphatic carbocycles. The van der Waals surface area contributed by atoms with Crippen molar-refractivity contribution < 1.29 is 19.4 Å². The largest absolute Gasteiger partial charge is 0.478 e. The zero-order valence-corrected chi connectivity index (χ0v) is 14.4. The van der Waals surface area contributed by atoms with Gasteiger partial charge in [0.2, 0.25) is 0 Å². The number of hydrogen-bond donors (Lipinski definition) is 1. The zero-order valence-electron chi connectivity index (χ0n) is 14.4. The molecule has 5 nitrogen and oxygen atoms in total. The van der Waals surface area contributed by atoms with Crippen LogP contribution in [0.25, 0.3) is 0 Å². The molecule has 1 atom stereocenters. The third-order valence-electron chi connectivity index (χ3n) is 4.36. The summed E-state index contributed by atoms with van der Waals surface area (Å²) in [7, 11) is 0. The summed E-state index contributed by atoms with van der Waals surface area (Å²) in [5.41, 5.74) is 3.08. The Morgan fingerprint density at radius 2 is 1.92 bits per heavy atom. The lowest BCUT2D eigenvalue weighted by molar-refractivity contribution is -0.126. The van der Waals surface area contributed by atoms with Gasteiger partial charge < -0.3 is 14.7 Å². The number of benzene rings is 2. The number of Topliss-reactive ketones (excluding diaryl/α,β-unsaturated/α-hetero) is 1. The second kappa shape index (κ2) is 7.07. The van der Waals surface area contributed by atoms with Crippen LogP contribution in [0.4, 0.5) is 5.69 Å². The standard InChI is InChI=1S/C20H21NO4/c1-3-18-20(24)21(11-14-6-4-13(2)5-7-14)16-10-15(17(23)12-22)8-9-19(16)25-18/h4-10,18,22H,3,11-12H2,1-2H3. The molecule has 0 spiro atoms. The Labute approximate surface area is 146 Å². The van der Waals surface area contributed by atoms with Crippen LogP contribution >= 0.6 is 0 Å². The van der Waals surface area contributed by atoms with Crippen LogP contribution in [0.15, 0.2) is 42.5 Å². The quantitative estimate of drug-likeness (QED) is 0.851. The van der Waals surface area contributed by atoms with Crippen LogP contribution in [-0.2, 0) is 11.3 Å². The van der Waals surface area contributed by atoms with Crippen molar-refractivity contribution in [1.29, 1.82) is 0 Å². The number of carbonyl (C=O) groups is 2. The molecule has 5 heteroatoms. The van der Waals surface area contributed by atoms with E-state index < -0.39 is 12.7 Å². The normalized spacial score (nSPS) is 16.4. The van der Waals surface area contributed by atoms with E-state index in [0.717, 1.165) is 11.1 Å². The number of ketones is 1. The number of amides is 1. The predicted octanol–water partition coefficient (Wildman–Crippen LogP) is 2.87. The number of rotatable bonds is 5. The van der Waals surface area contributed by atoms with Crippen LogP contribution < -0.4 is 9.64 Å². The van der Waals surface area contributed by atoms with Gasteiger partial charge in [-0.05, 0) is 37.1 Å². The Kier molecular flexibility index (Phi) is 4.86. The van der Waals surface area contributed by atoms with Gasteiger partial charge in [0, 0.05) is 5.56 Å². The Balaban J connectivity index is 2.01. The first-order chi connectivity index (χ1) is 12.0. The lowest BCUT2D eigenvalue weighted by atomic mass is 10.0. The Bertz CT molecular complexity index is 798. The highest BCUT2D eigenvalue weighted by atomic mass is 16.5. The topological polar surface area (TPSA) is 66.8 Å². The molecule has 1 unspecified atom stereocenters. The molecule has 0 radical (unpaired) electrons. The first kappa shape index (κ1) is 17.2. The van der Waals surface area contributed by atoms with Gasteiger partial charge in [-0.3, -0.25) is 9.59 Å². The fourth-order valence-electron chi connectivity index (χ4n) is 2.89. The molecule has 2 aromatic rings. The lowest BCUT2D eigenvalue weighted by Gasteiger charge is -2.34. The maximum absolute atomic E-state index is 12.8. The zero-order chi connectivity index (χ0) is 18.0. The molecule has 2 aromatic carbocycles. The SMILES string of the molecule is CCC1Oc2ccc(C(=O)CO)cc2N(Cc2ccc(C)cc2)C1=O. The minimum Gasteiger partial charge on any atom is -0.478 e. The number of fused-ring (bicyclic) bond motifs is 1. The van der Waals surface area contributed by atoms with Crippen molar-refractivity contribution in [3.05, 3.63) is 59.2 Å². The number of hydrogen-bond acceptors (Lipinski definition) is 4. The number of nitrogens with zero attached hydrogens (tertiary/aromatic N) is 1. The van der Waals surface area contributed by atoms with Crippen LogP contribution in [0.2, 0.25) is 0 Å². The van der Waals surface area contributed by atoms with Crippen molar-refractivity contribution in [1.82, 2.24) is 0 Å². The van der Waals surface area contributed by atoms with Crippen LogP contribution in [0, 0.1) is 6.92 Å². The van der Waals surface area contributed by atoms with E-state index in [1.54, 1.807) is 23.1 Å². The molecular formula is C20H21NO4. The van der Waals surface area contributed by atoms with E-state index in [4.69, 9.17) is 9.84 Å². The summed E-state index contributed by atoms with van der Waals surface area (Å²) >= 11 is 0. The van der Waals surface area contributed by atoms with E-state index in [1.165, 1.54) is 0 Å².